The average Bonchev–Trinajstić information content (AvgIpc) is 2.46. The van der Waals surface area contributed by atoms with Crippen LogP contribution in [0.25, 0.3) is 0 Å². The number of nitrogens with zero attached hydrogens (tertiary/aromatic N) is 1. The number of esters is 1. The molecule has 0 saturated heterocycles. The van der Waals surface area contributed by atoms with E-state index in [2.05, 4.69) is 0 Å². The number of hydrogen-bond acceptors (Lipinski definition) is 4. The van der Waals surface area contributed by atoms with E-state index in [-0.39, 0.29) is 24.0 Å². The molecule has 6 heteroatoms. The van der Waals surface area contributed by atoms with Crippen molar-refractivity contribution in [2.45, 2.75) is 25.2 Å². The molecule has 0 aliphatic carbocycles. The highest BCUT2D eigenvalue weighted by Crippen LogP contribution is 2.18. The molecule has 21 heavy (non-hydrogen) atoms. The fourth-order valence-electron chi connectivity index (χ4n) is 1.69. The largest absolute Gasteiger partial charge is 0.465 e. The van der Waals surface area contributed by atoms with E-state index in [4.69, 9.17) is 4.74 Å². The van der Waals surface area contributed by atoms with Crippen LogP contribution in [0.4, 0.5) is 4.39 Å². The summed E-state index contributed by atoms with van der Waals surface area (Å²) in [6.07, 6.45) is 0.770. The number of amides is 1. The summed E-state index contributed by atoms with van der Waals surface area (Å²) in [5.41, 5.74) is 0. The summed E-state index contributed by atoms with van der Waals surface area (Å²) in [5.74, 6) is -0.615. The van der Waals surface area contributed by atoms with Gasteiger partial charge in [0, 0.05) is 11.4 Å². The molecule has 116 valence electrons. The molecule has 0 N–H and O–H groups in total. The number of halogens is 1. The van der Waals surface area contributed by atoms with Crippen LogP contribution in [0.3, 0.4) is 0 Å². The van der Waals surface area contributed by atoms with Crippen LogP contribution in [-0.4, -0.2) is 42.2 Å². The van der Waals surface area contributed by atoms with Crippen LogP contribution in [0.15, 0.2) is 29.2 Å². The standard InChI is InChI=1S/C15H20FNO3S/c1-3-9-17(10-15(19)20-4-2)14(18)11-21-13-7-5-12(16)6-8-13/h5-8H,3-4,9-11H2,1-2H3. The highest BCUT2D eigenvalue weighted by molar-refractivity contribution is 8.00. The van der Waals surface area contributed by atoms with E-state index in [1.807, 2.05) is 6.92 Å². The van der Waals surface area contributed by atoms with Gasteiger partial charge in [0.25, 0.3) is 0 Å². The van der Waals surface area contributed by atoms with E-state index in [1.165, 1.54) is 28.8 Å². The summed E-state index contributed by atoms with van der Waals surface area (Å²) in [5, 5.41) is 0. The Bertz CT molecular complexity index is 464. The van der Waals surface area contributed by atoms with E-state index < -0.39 is 5.97 Å². The van der Waals surface area contributed by atoms with Crippen LogP contribution in [0.1, 0.15) is 20.3 Å². The van der Waals surface area contributed by atoms with Crippen LogP contribution in [0.2, 0.25) is 0 Å². The number of thioether (sulfide) groups is 1. The first-order chi connectivity index (χ1) is 10.1. The molecular formula is C15H20FNO3S. The molecule has 0 heterocycles. The minimum absolute atomic E-state index is 0.0233. The number of carbonyl (C=O) groups is 2. The summed E-state index contributed by atoms with van der Waals surface area (Å²) >= 11 is 1.32. The van der Waals surface area contributed by atoms with Crippen LogP contribution in [0.5, 0.6) is 0 Å². The third kappa shape index (κ3) is 6.62. The SMILES string of the molecule is CCCN(CC(=O)OCC)C(=O)CSc1ccc(F)cc1. The van der Waals surface area contributed by atoms with Gasteiger partial charge in [0.05, 0.1) is 12.4 Å². The minimum Gasteiger partial charge on any atom is -0.465 e. The van der Waals surface area contributed by atoms with Crippen LogP contribution in [-0.2, 0) is 14.3 Å². The maximum absolute atomic E-state index is 12.8. The number of ether oxygens (including phenoxy) is 1. The van der Waals surface area contributed by atoms with Gasteiger partial charge in [-0.3, -0.25) is 9.59 Å². The zero-order valence-electron chi connectivity index (χ0n) is 12.3. The molecule has 0 spiro atoms. The van der Waals surface area contributed by atoms with Gasteiger partial charge in [-0.2, -0.15) is 0 Å². The van der Waals surface area contributed by atoms with Gasteiger partial charge in [0.15, 0.2) is 0 Å². The molecule has 1 aromatic carbocycles. The van der Waals surface area contributed by atoms with Gasteiger partial charge in [0.2, 0.25) is 5.91 Å². The highest BCUT2D eigenvalue weighted by Gasteiger charge is 2.17. The van der Waals surface area contributed by atoms with Crippen LogP contribution >= 0.6 is 11.8 Å². The molecule has 0 aromatic heterocycles. The molecule has 0 fully saturated rings. The summed E-state index contributed by atoms with van der Waals surface area (Å²) in [4.78, 5) is 25.9. The predicted molar refractivity (Wildman–Crippen MR) is 80.6 cm³/mol. The first kappa shape index (κ1) is 17.5. The fraction of sp³-hybridized carbons (Fsp3) is 0.467. The fourth-order valence-corrected chi connectivity index (χ4v) is 2.49. The van der Waals surface area contributed by atoms with Gasteiger partial charge in [-0.05, 0) is 37.6 Å². The molecule has 0 saturated carbocycles. The molecule has 0 radical (unpaired) electrons. The van der Waals surface area contributed by atoms with Crippen molar-refractivity contribution in [3.8, 4) is 0 Å². The average molecular weight is 313 g/mol. The Morgan fingerprint density at radius 3 is 2.48 bits per heavy atom. The lowest BCUT2D eigenvalue weighted by molar-refractivity contribution is -0.148. The van der Waals surface area contributed by atoms with E-state index in [0.29, 0.717) is 13.2 Å². The Balaban J connectivity index is 2.51. The van der Waals surface area contributed by atoms with Crippen molar-refractivity contribution in [2.75, 3.05) is 25.4 Å². The molecule has 1 aromatic rings. The predicted octanol–water partition coefficient (Wildman–Crippen LogP) is 2.72. The lowest BCUT2D eigenvalue weighted by atomic mass is 10.3. The first-order valence-electron chi connectivity index (χ1n) is 6.88. The van der Waals surface area contributed by atoms with Crippen molar-refractivity contribution >= 4 is 23.6 Å². The molecule has 0 aliphatic rings. The zero-order chi connectivity index (χ0) is 15.7. The number of carbonyl (C=O) groups excluding carboxylic acids is 2. The van der Waals surface area contributed by atoms with Gasteiger partial charge < -0.3 is 9.64 Å². The maximum atomic E-state index is 12.8. The summed E-state index contributed by atoms with van der Waals surface area (Å²) in [6.45, 7) is 4.47. The summed E-state index contributed by atoms with van der Waals surface area (Å²) in [6, 6.07) is 5.97. The second kappa shape index (κ2) is 9.39. The van der Waals surface area contributed by atoms with Crippen molar-refractivity contribution in [3.63, 3.8) is 0 Å². The molecule has 0 unspecified atom stereocenters. The molecule has 1 rings (SSSR count). The first-order valence-corrected chi connectivity index (χ1v) is 7.87. The Morgan fingerprint density at radius 1 is 1.24 bits per heavy atom. The maximum Gasteiger partial charge on any atom is 0.325 e. The molecule has 0 bridgehead atoms. The monoisotopic (exact) mass is 313 g/mol. The molecule has 0 atom stereocenters. The van der Waals surface area contributed by atoms with Crippen LogP contribution < -0.4 is 0 Å². The van der Waals surface area contributed by atoms with E-state index in [1.54, 1.807) is 19.1 Å². The van der Waals surface area contributed by atoms with Gasteiger partial charge in [-0.25, -0.2) is 4.39 Å². The topological polar surface area (TPSA) is 46.6 Å². The van der Waals surface area contributed by atoms with E-state index in [0.717, 1.165) is 11.3 Å². The normalized spacial score (nSPS) is 10.2. The van der Waals surface area contributed by atoms with Gasteiger partial charge in [0.1, 0.15) is 12.4 Å². The zero-order valence-corrected chi connectivity index (χ0v) is 13.1. The van der Waals surface area contributed by atoms with Crippen molar-refractivity contribution in [1.82, 2.24) is 4.90 Å². The summed E-state index contributed by atoms with van der Waals surface area (Å²) < 4.78 is 17.7. The summed E-state index contributed by atoms with van der Waals surface area (Å²) in [7, 11) is 0. The molecule has 1 amide bonds. The van der Waals surface area contributed by atoms with Crippen molar-refractivity contribution in [1.29, 1.82) is 0 Å². The lowest BCUT2D eigenvalue weighted by Crippen LogP contribution is -2.38. The third-order valence-corrected chi connectivity index (χ3v) is 3.64. The number of hydrogen-bond donors (Lipinski definition) is 0. The Morgan fingerprint density at radius 2 is 1.90 bits per heavy atom. The Labute approximate surface area is 128 Å². The number of benzene rings is 1. The smallest absolute Gasteiger partial charge is 0.325 e. The van der Waals surface area contributed by atoms with Crippen LogP contribution in [0, 0.1) is 5.82 Å². The van der Waals surface area contributed by atoms with Crippen molar-refractivity contribution < 1.29 is 18.7 Å². The highest BCUT2D eigenvalue weighted by atomic mass is 32.2. The van der Waals surface area contributed by atoms with Gasteiger partial charge >= 0.3 is 5.97 Å². The van der Waals surface area contributed by atoms with Crippen molar-refractivity contribution in [3.05, 3.63) is 30.1 Å². The Hall–Kier alpha value is -1.56. The van der Waals surface area contributed by atoms with Crippen molar-refractivity contribution in [2.24, 2.45) is 0 Å². The van der Waals surface area contributed by atoms with Gasteiger partial charge in [-0.15, -0.1) is 11.8 Å². The third-order valence-electron chi connectivity index (χ3n) is 2.65. The van der Waals surface area contributed by atoms with E-state index in [9.17, 15) is 14.0 Å². The second-order valence-corrected chi connectivity index (χ2v) is 5.41. The second-order valence-electron chi connectivity index (χ2n) is 4.36. The molecular weight excluding hydrogens is 293 g/mol. The molecule has 4 nitrogen and oxygen atoms in total. The van der Waals surface area contributed by atoms with E-state index >= 15 is 0 Å². The van der Waals surface area contributed by atoms with Gasteiger partial charge in [-0.1, -0.05) is 6.92 Å². The Kier molecular flexibility index (Phi) is 7.82. The number of rotatable bonds is 8. The lowest BCUT2D eigenvalue weighted by Gasteiger charge is -2.20. The minimum atomic E-state index is -0.397. The molecule has 0 aliphatic heterocycles. The quantitative estimate of drug-likeness (QED) is 0.547.